The van der Waals surface area contributed by atoms with Crippen LogP contribution in [0.1, 0.15) is 25.5 Å². The monoisotopic (exact) mass is 231 g/mol. The van der Waals surface area contributed by atoms with Crippen molar-refractivity contribution in [2.45, 2.75) is 26.4 Å². The summed E-state index contributed by atoms with van der Waals surface area (Å²) in [6, 6.07) is 7.97. The Balaban J connectivity index is 2.17. The second kappa shape index (κ2) is 4.86. The predicted octanol–water partition coefficient (Wildman–Crippen LogP) is 2.05. The smallest absolute Gasteiger partial charge is 0.145 e. The van der Waals surface area contributed by atoms with Gasteiger partial charge in [0.2, 0.25) is 0 Å². The third-order valence-corrected chi connectivity index (χ3v) is 2.74. The van der Waals surface area contributed by atoms with Gasteiger partial charge in [0.1, 0.15) is 5.82 Å². The fourth-order valence-electron chi connectivity index (χ4n) is 1.81. The third-order valence-electron chi connectivity index (χ3n) is 2.74. The largest absolute Gasteiger partial charge is 0.398 e. The molecular weight excluding hydrogens is 214 g/mol. The number of benzene rings is 1. The van der Waals surface area contributed by atoms with Crippen molar-refractivity contribution < 1.29 is 0 Å². The molecular formula is C12H17N5. The summed E-state index contributed by atoms with van der Waals surface area (Å²) in [4.78, 5) is 0. The maximum absolute atomic E-state index is 5.94. The number of nitrogens with two attached hydrogens (primary N) is 1. The van der Waals surface area contributed by atoms with Gasteiger partial charge in [-0.1, -0.05) is 23.4 Å². The van der Waals surface area contributed by atoms with Crippen LogP contribution < -0.4 is 11.1 Å². The highest BCUT2D eigenvalue weighted by molar-refractivity contribution is 5.50. The second-order valence-corrected chi connectivity index (χ2v) is 3.93. The standard InChI is InChI=1S/C12H17N5/c1-3-17-12(8-14-16-17)15-9(2)10-6-4-5-7-11(10)13/h4-9,15H,3,13H2,1-2H3. The van der Waals surface area contributed by atoms with Crippen LogP contribution in [0.25, 0.3) is 0 Å². The lowest BCUT2D eigenvalue weighted by atomic mass is 10.1. The minimum atomic E-state index is 0.125. The van der Waals surface area contributed by atoms with Gasteiger partial charge in [0.05, 0.1) is 12.2 Å². The summed E-state index contributed by atoms with van der Waals surface area (Å²) in [5.41, 5.74) is 7.82. The van der Waals surface area contributed by atoms with Crippen LogP contribution in [0.4, 0.5) is 11.5 Å². The van der Waals surface area contributed by atoms with Gasteiger partial charge in [0.15, 0.2) is 0 Å². The molecule has 0 spiro atoms. The van der Waals surface area contributed by atoms with E-state index >= 15 is 0 Å². The molecule has 0 aliphatic rings. The highest BCUT2D eigenvalue weighted by atomic mass is 15.4. The van der Waals surface area contributed by atoms with E-state index in [-0.39, 0.29) is 6.04 Å². The number of nitrogen functional groups attached to an aromatic ring is 1. The highest BCUT2D eigenvalue weighted by Crippen LogP contribution is 2.23. The summed E-state index contributed by atoms with van der Waals surface area (Å²) in [6.45, 7) is 4.89. The third kappa shape index (κ3) is 2.38. The van der Waals surface area contributed by atoms with Gasteiger partial charge < -0.3 is 11.1 Å². The lowest BCUT2D eigenvalue weighted by Gasteiger charge is -2.17. The van der Waals surface area contributed by atoms with E-state index in [4.69, 9.17) is 5.73 Å². The van der Waals surface area contributed by atoms with Gasteiger partial charge in [0.25, 0.3) is 0 Å². The molecule has 0 amide bonds. The van der Waals surface area contributed by atoms with Crippen LogP contribution in [0.15, 0.2) is 30.5 Å². The topological polar surface area (TPSA) is 68.8 Å². The van der Waals surface area contributed by atoms with Crippen LogP contribution in [0.3, 0.4) is 0 Å². The van der Waals surface area contributed by atoms with Gasteiger partial charge in [-0.25, -0.2) is 4.68 Å². The minimum absolute atomic E-state index is 0.125. The summed E-state index contributed by atoms with van der Waals surface area (Å²) >= 11 is 0. The number of aryl methyl sites for hydroxylation is 1. The average molecular weight is 231 g/mol. The number of hydrogen-bond acceptors (Lipinski definition) is 4. The van der Waals surface area contributed by atoms with Gasteiger partial charge in [-0.05, 0) is 25.5 Å². The second-order valence-electron chi connectivity index (χ2n) is 3.93. The molecule has 3 N–H and O–H groups in total. The zero-order chi connectivity index (χ0) is 12.3. The number of hydrogen-bond donors (Lipinski definition) is 2. The Morgan fingerprint density at radius 3 is 2.88 bits per heavy atom. The van der Waals surface area contributed by atoms with Crippen molar-refractivity contribution in [1.82, 2.24) is 15.0 Å². The van der Waals surface area contributed by atoms with Crippen molar-refractivity contribution in [3.05, 3.63) is 36.0 Å². The molecule has 1 heterocycles. The molecule has 5 heteroatoms. The van der Waals surface area contributed by atoms with Crippen molar-refractivity contribution in [3.63, 3.8) is 0 Å². The SMILES string of the molecule is CCn1nncc1NC(C)c1ccccc1N. The Bertz CT molecular complexity index is 491. The number of rotatable bonds is 4. The number of aromatic nitrogens is 3. The van der Waals surface area contributed by atoms with Gasteiger partial charge in [0, 0.05) is 12.2 Å². The van der Waals surface area contributed by atoms with Crippen LogP contribution in [0.5, 0.6) is 0 Å². The Morgan fingerprint density at radius 1 is 1.41 bits per heavy atom. The summed E-state index contributed by atoms with van der Waals surface area (Å²) < 4.78 is 1.82. The van der Waals surface area contributed by atoms with E-state index in [2.05, 4.69) is 22.6 Å². The normalized spacial score (nSPS) is 12.4. The number of anilines is 2. The highest BCUT2D eigenvalue weighted by Gasteiger charge is 2.10. The molecule has 1 aromatic heterocycles. The van der Waals surface area contributed by atoms with Crippen LogP contribution in [-0.4, -0.2) is 15.0 Å². The molecule has 0 bridgehead atoms. The molecule has 0 radical (unpaired) electrons. The summed E-state index contributed by atoms with van der Waals surface area (Å²) in [6.07, 6.45) is 1.72. The first-order valence-electron chi connectivity index (χ1n) is 5.71. The van der Waals surface area contributed by atoms with Crippen LogP contribution in [0, 0.1) is 0 Å². The van der Waals surface area contributed by atoms with Gasteiger partial charge >= 0.3 is 0 Å². The number of nitrogens with zero attached hydrogens (tertiary/aromatic N) is 3. The maximum atomic E-state index is 5.94. The predicted molar refractivity (Wildman–Crippen MR) is 68.6 cm³/mol. The minimum Gasteiger partial charge on any atom is -0.398 e. The first-order chi connectivity index (χ1) is 8.22. The average Bonchev–Trinajstić information content (AvgIpc) is 2.76. The Hall–Kier alpha value is -2.04. The molecule has 0 fully saturated rings. The molecule has 1 unspecified atom stereocenters. The van der Waals surface area contributed by atoms with Crippen molar-refractivity contribution in [2.24, 2.45) is 0 Å². The molecule has 2 aromatic rings. The number of nitrogens with one attached hydrogen (secondary N) is 1. The molecule has 0 saturated carbocycles. The molecule has 17 heavy (non-hydrogen) atoms. The van der Waals surface area contributed by atoms with E-state index in [1.165, 1.54) is 0 Å². The van der Waals surface area contributed by atoms with Crippen molar-refractivity contribution in [3.8, 4) is 0 Å². The fraction of sp³-hybridized carbons (Fsp3) is 0.333. The van der Waals surface area contributed by atoms with E-state index in [0.29, 0.717) is 0 Å². The summed E-state index contributed by atoms with van der Waals surface area (Å²) in [7, 11) is 0. The lowest BCUT2D eigenvalue weighted by Crippen LogP contribution is -2.12. The van der Waals surface area contributed by atoms with Crippen molar-refractivity contribution in [2.75, 3.05) is 11.1 Å². The van der Waals surface area contributed by atoms with Crippen LogP contribution in [-0.2, 0) is 6.54 Å². The quantitative estimate of drug-likeness (QED) is 0.790. The van der Waals surface area contributed by atoms with E-state index in [1.807, 2.05) is 35.9 Å². The first kappa shape index (κ1) is 11.4. The molecule has 0 aliphatic carbocycles. The van der Waals surface area contributed by atoms with Gasteiger partial charge in [-0.2, -0.15) is 0 Å². The molecule has 90 valence electrons. The molecule has 2 rings (SSSR count). The first-order valence-corrected chi connectivity index (χ1v) is 5.71. The molecule has 5 nitrogen and oxygen atoms in total. The fourth-order valence-corrected chi connectivity index (χ4v) is 1.81. The van der Waals surface area contributed by atoms with Gasteiger partial charge in [-0.15, -0.1) is 5.10 Å². The van der Waals surface area contributed by atoms with Crippen molar-refractivity contribution in [1.29, 1.82) is 0 Å². The van der Waals surface area contributed by atoms with Gasteiger partial charge in [-0.3, -0.25) is 0 Å². The molecule has 0 saturated heterocycles. The molecule has 1 aromatic carbocycles. The van der Waals surface area contributed by atoms with E-state index in [0.717, 1.165) is 23.6 Å². The maximum Gasteiger partial charge on any atom is 0.145 e. The van der Waals surface area contributed by atoms with Crippen molar-refractivity contribution >= 4 is 11.5 Å². The Labute approximate surface area is 101 Å². The zero-order valence-electron chi connectivity index (χ0n) is 10.1. The van der Waals surface area contributed by atoms with E-state index < -0.39 is 0 Å². The zero-order valence-corrected chi connectivity index (χ0v) is 10.1. The Morgan fingerprint density at radius 2 is 2.18 bits per heavy atom. The van der Waals surface area contributed by atoms with E-state index in [9.17, 15) is 0 Å². The Kier molecular flexibility index (Phi) is 3.27. The summed E-state index contributed by atoms with van der Waals surface area (Å²) in [5, 5.41) is 11.2. The van der Waals surface area contributed by atoms with E-state index in [1.54, 1.807) is 6.20 Å². The summed E-state index contributed by atoms with van der Waals surface area (Å²) in [5.74, 6) is 0.906. The van der Waals surface area contributed by atoms with Crippen LogP contribution in [0.2, 0.25) is 0 Å². The van der Waals surface area contributed by atoms with Crippen LogP contribution >= 0.6 is 0 Å². The number of para-hydroxylation sites is 1. The molecule has 0 aliphatic heterocycles. The lowest BCUT2D eigenvalue weighted by molar-refractivity contribution is 0.626. The molecule has 1 atom stereocenters.